The smallest absolute Gasteiger partial charge is 0.248 e. The number of carbonyl (C=O) groups is 1. The zero-order chi connectivity index (χ0) is 11.4. The first kappa shape index (κ1) is 10.8. The molecule has 1 amide bonds. The molecule has 2 N–H and O–H groups in total. The molecule has 4 nitrogen and oxygen atoms in total. The quantitative estimate of drug-likeness (QED) is 0.814. The van der Waals surface area contributed by atoms with Gasteiger partial charge in [-0.15, -0.1) is 0 Å². The minimum absolute atomic E-state index is 0.0367. The van der Waals surface area contributed by atoms with Crippen LogP contribution in [0.4, 0.5) is 5.69 Å². The van der Waals surface area contributed by atoms with Crippen LogP contribution in [-0.4, -0.2) is 31.8 Å². The lowest BCUT2D eigenvalue weighted by Crippen LogP contribution is -2.34. The highest BCUT2D eigenvalue weighted by atomic mass is 16.2. The van der Waals surface area contributed by atoms with Gasteiger partial charge in [-0.3, -0.25) is 9.79 Å². The van der Waals surface area contributed by atoms with Crippen molar-refractivity contribution < 1.29 is 4.79 Å². The summed E-state index contributed by atoms with van der Waals surface area (Å²) < 4.78 is 0. The zero-order valence-corrected chi connectivity index (χ0v) is 9.10. The van der Waals surface area contributed by atoms with Crippen LogP contribution in [0.2, 0.25) is 0 Å². The molecule has 0 fully saturated rings. The highest BCUT2D eigenvalue weighted by Gasteiger charge is 2.18. The zero-order valence-electron chi connectivity index (χ0n) is 9.10. The molecular weight excluding hydrogens is 202 g/mol. The van der Waals surface area contributed by atoms with Gasteiger partial charge in [-0.2, -0.15) is 0 Å². The largest absolute Gasteiger partial charge is 0.330 e. The number of rotatable bonds is 3. The van der Waals surface area contributed by atoms with E-state index in [1.165, 1.54) is 0 Å². The average Bonchev–Trinajstić information content (AvgIpc) is 2.46. The standard InChI is InChI=1S/C12H15N3O/c13-6-3-7-15-11-5-2-1-4-10(11)8-14-9-12(15)16/h1-2,4-5,8H,3,6-7,9,13H2. The van der Waals surface area contributed by atoms with E-state index in [-0.39, 0.29) is 12.5 Å². The van der Waals surface area contributed by atoms with Crippen LogP contribution in [0, 0.1) is 0 Å². The number of carbonyl (C=O) groups excluding carboxylic acids is 1. The Balaban J connectivity index is 2.33. The Morgan fingerprint density at radius 1 is 1.38 bits per heavy atom. The normalized spacial score (nSPS) is 14.8. The van der Waals surface area contributed by atoms with E-state index in [9.17, 15) is 4.79 Å². The van der Waals surface area contributed by atoms with Gasteiger partial charge in [0.1, 0.15) is 6.54 Å². The van der Waals surface area contributed by atoms with E-state index in [1.54, 1.807) is 11.1 Å². The van der Waals surface area contributed by atoms with Gasteiger partial charge in [0, 0.05) is 18.3 Å². The molecule has 1 aromatic carbocycles. The van der Waals surface area contributed by atoms with Crippen molar-refractivity contribution in [3.63, 3.8) is 0 Å². The van der Waals surface area contributed by atoms with E-state index in [4.69, 9.17) is 5.73 Å². The summed E-state index contributed by atoms with van der Waals surface area (Å²) in [6, 6.07) is 7.79. The van der Waals surface area contributed by atoms with Gasteiger partial charge in [0.05, 0.1) is 5.69 Å². The lowest BCUT2D eigenvalue weighted by molar-refractivity contribution is -0.117. The molecule has 0 aromatic heterocycles. The Labute approximate surface area is 94.8 Å². The van der Waals surface area contributed by atoms with Gasteiger partial charge in [0.25, 0.3) is 0 Å². The third-order valence-electron chi connectivity index (χ3n) is 2.57. The second-order valence-electron chi connectivity index (χ2n) is 3.72. The van der Waals surface area contributed by atoms with Gasteiger partial charge in [0.15, 0.2) is 0 Å². The number of benzodiazepines with no additional fused rings is 1. The van der Waals surface area contributed by atoms with Crippen LogP contribution in [0.25, 0.3) is 0 Å². The van der Waals surface area contributed by atoms with Crippen molar-refractivity contribution >= 4 is 17.8 Å². The maximum atomic E-state index is 11.9. The van der Waals surface area contributed by atoms with E-state index < -0.39 is 0 Å². The average molecular weight is 217 g/mol. The molecule has 0 unspecified atom stereocenters. The van der Waals surface area contributed by atoms with E-state index in [0.717, 1.165) is 17.7 Å². The number of nitrogens with zero attached hydrogens (tertiary/aromatic N) is 2. The molecule has 16 heavy (non-hydrogen) atoms. The fraction of sp³-hybridized carbons (Fsp3) is 0.333. The molecule has 1 aromatic rings. The topological polar surface area (TPSA) is 58.7 Å². The molecule has 1 aliphatic rings. The van der Waals surface area contributed by atoms with Gasteiger partial charge >= 0.3 is 0 Å². The molecule has 0 spiro atoms. The van der Waals surface area contributed by atoms with Gasteiger partial charge in [-0.1, -0.05) is 18.2 Å². The Kier molecular flexibility index (Phi) is 3.31. The minimum atomic E-state index is 0.0367. The Bertz CT molecular complexity index is 414. The summed E-state index contributed by atoms with van der Waals surface area (Å²) in [5, 5.41) is 0. The lowest BCUT2D eigenvalue weighted by atomic mass is 10.1. The van der Waals surface area contributed by atoms with Crippen LogP contribution < -0.4 is 10.6 Å². The number of anilines is 1. The van der Waals surface area contributed by atoms with Crippen molar-refractivity contribution in [2.24, 2.45) is 10.7 Å². The molecule has 1 heterocycles. The second kappa shape index (κ2) is 4.90. The van der Waals surface area contributed by atoms with Gasteiger partial charge in [-0.25, -0.2) is 0 Å². The summed E-state index contributed by atoms with van der Waals surface area (Å²) in [5.41, 5.74) is 7.40. The highest BCUT2D eigenvalue weighted by Crippen LogP contribution is 2.21. The predicted molar refractivity (Wildman–Crippen MR) is 64.9 cm³/mol. The molecule has 4 heteroatoms. The van der Waals surface area contributed by atoms with E-state index in [1.807, 2.05) is 24.3 Å². The summed E-state index contributed by atoms with van der Waals surface area (Å²) in [6.07, 6.45) is 2.57. The van der Waals surface area contributed by atoms with Crippen LogP contribution in [-0.2, 0) is 4.79 Å². The van der Waals surface area contributed by atoms with Crippen molar-refractivity contribution in [1.82, 2.24) is 0 Å². The number of hydrogen-bond acceptors (Lipinski definition) is 3. The molecule has 0 saturated heterocycles. The minimum Gasteiger partial charge on any atom is -0.330 e. The fourth-order valence-corrected chi connectivity index (χ4v) is 1.78. The van der Waals surface area contributed by atoms with E-state index >= 15 is 0 Å². The van der Waals surface area contributed by atoms with Gasteiger partial charge in [0.2, 0.25) is 5.91 Å². The summed E-state index contributed by atoms with van der Waals surface area (Å²) in [5.74, 6) is 0.0367. The second-order valence-corrected chi connectivity index (χ2v) is 3.72. The molecule has 0 radical (unpaired) electrons. The van der Waals surface area contributed by atoms with E-state index in [0.29, 0.717) is 13.1 Å². The lowest BCUT2D eigenvalue weighted by Gasteiger charge is -2.22. The fourth-order valence-electron chi connectivity index (χ4n) is 1.78. The number of aliphatic imine (C=N–C) groups is 1. The first-order valence-electron chi connectivity index (χ1n) is 5.42. The summed E-state index contributed by atoms with van der Waals surface area (Å²) in [4.78, 5) is 17.7. The number of benzene rings is 1. The van der Waals surface area contributed by atoms with Crippen LogP contribution in [0.3, 0.4) is 0 Å². The van der Waals surface area contributed by atoms with E-state index in [2.05, 4.69) is 4.99 Å². The summed E-state index contributed by atoms with van der Waals surface area (Å²) >= 11 is 0. The number of fused-ring (bicyclic) bond motifs is 1. The monoisotopic (exact) mass is 217 g/mol. The first-order chi connectivity index (χ1) is 7.83. The van der Waals surface area contributed by atoms with Crippen molar-refractivity contribution in [1.29, 1.82) is 0 Å². The van der Waals surface area contributed by atoms with Crippen molar-refractivity contribution in [3.8, 4) is 0 Å². The van der Waals surface area contributed by atoms with Crippen LogP contribution >= 0.6 is 0 Å². The number of nitrogens with two attached hydrogens (primary N) is 1. The number of para-hydroxylation sites is 1. The molecule has 1 aliphatic heterocycles. The maximum absolute atomic E-state index is 11.9. The molecular formula is C12H15N3O. The Hall–Kier alpha value is -1.68. The molecule has 0 saturated carbocycles. The van der Waals surface area contributed by atoms with Crippen LogP contribution in [0.5, 0.6) is 0 Å². The molecule has 84 valence electrons. The van der Waals surface area contributed by atoms with Crippen LogP contribution in [0.15, 0.2) is 29.3 Å². The first-order valence-corrected chi connectivity index (χ1v) is 5.42. The Morgan fingerprint density at radius 3 is 3.00 bits per heavy atom. The summed E-state index contributed by atoms with van der Waals surface area (Å²) in [7, 11) is 0. The third-order valence-corrected chi connectivity index (χ3v) is 2.57. The molecule has 0 aliphatic carbocycles. The van der Waals surface area contributed by atoms with Gasteiger partial charge in [-0.05, 0) is 19.0 Å². The third kappa shape index (κ3) is 2.12. The molecule has 0 atom stereocenters. The SMILES string of the molecule is NCCCN1C(=O)CN=Cc2ccccc21. The Morgan fingerprint density at radius 2 is 2.19 bits per heavy atom. The van der Waals surface area contributed by atoms with Gasteiger partial charge < -0.3 is 10.6 Å². The highest BCUT2D eigenvalue weighted by molar-refractivity contribution is 6.03. The number of amides is 1. The van der Waals surface area contributed by atoms with Crippen LogP contribution in [0.1, 0.15) is 12.0 Å². The summed E-state index contributed by atoms with van der Waals surface area (Å²) in [6.45, 7) is 1.47. The molecule has 2 rings (SSSR count). The maximum Gasteiger partial charge on any atom is 0.248 e. The van der Waals surface area contributed by atoms with Crippen molar-refractivity contribution in [2.45, 2.75) is 6.42 Å². The predicted octanol–water partition coefficient (Wildman–Crippen LogP) is 0.801. The number of hydrogen-bond donors (Lipinski definition) is 1. The molecule has 0 bridgehead atoms. The van der Waals surface area contributed by atoms with Crippen molar-refractivity contribution in [3.05, 3.63) is 29.8 Å². The van der Waals surface area contributed by atoms with Crippen molar-refractivity contribution in [2.75, 3.05) is 24.5 Å².